The van der Waals surface area contributed by atoms with Crippen LogP contribution in [0, 0.1) is 5.92 Å². The van der Waals surface area contributed by atoms with Crippen LogP contribution in [0.3, 0.4) is 0 Å². The molecular formula is C20H26N4O3S. The first-order valence-corrected chi connectivity index (χ1v) is 11.3. The van der Waals surface area contributed by atoms with E-state index < -0.39 is 10.0 Å². The van der Waals surface area contributed by atoms with Crippen LogP contribution in [0.15, 0.2) is 35.4 Å². The first kappa shape index (κ1) is 19.1. The average molecular weight is 403 g/mol. The SMILES string of the molecule is Cn1ccc(NC(=O)C2CCN(S(=O)(=O)c3ccc4c(c3)CCCC4)CC2)n1. The number of hydrogen-bond acceptors (Lipinski definition) is 4. The number of carbonyl (C=O) groups excluding carboxylic acids is 1. The second kappa shape index (κ2) is 7.67. The molecule has 0 atom stereocenters. The van der Waals surface area contributed by atoms with Crippen molar-refractivity contribution >= 4 is 21.7 Å². The summed E-state index contributed by atoms with van der Waals surface area (Å²) in [5, 5.41) is 6.97. The van der Waals surface area contributed by atoms with Crippen LogP contribution in [-0.4, -0.2) is 41.5 Å². The number of nitrogens with zero attached hydrogens (tertiary/aromatic N) is 3. The van der Waals surface area contributed by atoms with Gasteiger partial charge in [-0.3, -0.25) is 9.48 Å². The van der Waals surface area contributed by atoms with Crippen LogP contribution in [0.5, 0.6) is 0 Å². The van der Waals surface area contributed by atoms with Crippen LogP contribution in [0.2, 0.25) is 0 Å². The van der Waals surface area contributed by atoms with Gasteiger partial charge in [0.2, 0.25) is 15.9 Å². The maximum atomic E-state index is 13.1. The number of anilines is 1. The molecule has 0 saturated carbocycles. The molecule has 1 aliphatic carbocycles. The molecule has 1 fully saturated rings. The first-order chi connectivity index (χ1) is 13.4. The summed E-state index contributed by atoms with van der Waals surface area (Å²) in [5.74, 6) is 0.234. The quantitative estimate of drug-likeness (QED) is 0.851. The number of aromatic nitrogens is 2. The molecule has 0 radical (unpaired) electrons. The van der Waals surface area contributed by atoms with Crippen LogP contribution in [-0.2, 0) is 34.7 Å². The van der Waals surface area contributed by atoms with Gasteiger partial charge in [0.05, 0.1) is 4.90 Å². The molecule has 2 aliphatic rings. The average Bonchev–Trinajstić information content (AvgIpc) is 3.12. The number of amides is 1. The molecule has 0 spiro atoms. The molecule has 0 unspecified atom stereocenters. The van der Waals surface area contributed by atoms with Gasteiger partial charge in [-0.15, -0.1) is 0 Å². The Hall–Kier alpha value is -2.19. The second-order valence-electron chi connectivity index (χ2n) is 7.68. The molecule has 7 nitrogen and oxygen atoms in total. The van der Waals surface area contributed by atoms with Crippen LogP contribution in [0.4, 0.5) is 5.82 Å². The van der Waals surface area contributed by atoms with E-state index in [-0.39, 0.29) is 11.8 Å². The van der Waals surface area contributed by atoms with Gasteiger partial charge < -0.3 is 5.32 Å². The van der Waals surface area contributed by atoms with Gasteiger partial charge in [-0.2, -0.15) is 9.40 Å². The van der Waals surface area contributed by atoms with Crippen molar-refractivity contribution in [3.63, 3.8) is 0 Å². The van der Waals surface area contributed by atoms with Gasteiger partial charge >= 0.3 is 0 Å². The summed E-state index contributed by atoms with van der Waals surface area (Å²) in [6, 6.07) is 7.30. The van der Waals surface area contributed by atoms with Crippen molar-refractivity contribution in [1.29, 1.82) is 0 Å². The molecule has 2 heterocycles. The van der Waals surface area contributed by atoms with E-state index in [4.69, 9.17) is 0 Å². The highest BCUT2D eigenvalue weighted by molar-refractivity contribution is 7.89. The normalized spacial score (nSPS) is 18.6. The third kappa shape index (κ3) is 3.84. The van der Waals surface area contributed by atoms with Crippen LogP contribution >= 0.6 is 0 Å². The molecule has 2 aromatic rings. The maximum absolute atomic E-state index is 13.1. The van der Waals surface area contributed by atoms with E-state index in [1.54, 1.807) is 30.1 Å². The molecule has 8 heteroatoms. The molecule has 150 valence electrons. The van der Waals surface area contributed by atoms with E-state index in [0.29, 0.717) is 36.6 Å². The summed E-state index contributed by atoms with van der Waals surface area (Å²) in [5.41, 5.74) is 2.44. The van der Waals surface area contributed by atoms with Gasteiger partial charge in [-0.1, -0.05) is 6.07 Å². The van der Waals surface area contributed by atoms with E-state index in [0.717, 1.165) is 24.8 Å². The predicted molar refractivity (Wildman–Crippen MR) is 106 cm³/mol. The minimum atomic E-state index is -3.51. The summed E-state index contributed by atoms with van der Waals surface area (Å²) in [7, 11) is -1.72. The van der Waals surface area contributed by atoms with Crippen molar-refractivity contribution in [2.45, 2.75) is 43.4 Å². The summed E-state index contributed by atoms with van der Waals surface area (Å²) < 4.78 is 29.3. The second-order valence-corrected chi connectivity index (χ2v) is 9.62. The zero-order valence-electron chi connectivity index (χ0n) is 16.1. The minimum absolute atomic E-state index is 0.0930. The Morgan fingerprint density at radius 1 is 1.11 bits per heavy atom. The molecule has 1 amide bonds. The fourth-order valence-corrected chi connectivity index (χ4v) is 5.61. The van der Waals surface area contributed by atoms with Crippen molar-refractivity contribution in [2.75, 3.05) is 18.4 Å². The smallest absolute Gasteiger partial charge is 0.243 e. The van der Waals surface area contributed by atoms with Gasteiger partial charge in [-0.05, 0) is 61.8 Å². The Balaban J connectivity index is 1.40. The Kier molecular flexibility index (Phi) is 5.25. The number of carbonyl (C=O) groups is 1. The lowest BCUT2D eigenvalue weighted by atomic mass is 9.92. The summed E-state index contributed by atoms with van der Waals surface area (Å²) in [6.07, 6.45) is 7.08. The molecule has 1 aromatic heterocycles. The fraction of sp³-hybridized carbons (Fsp3) is 0.500. The highest BCUT2D eigenvalue weighted by Gasteiger charge is 2.32. The zero-order chi connectivity index (χ0) is 19.7. The third-order valence-electron chi connectivity index (χ3n) is 5.75. The summed E-state index contributed by atoms with van der Waals surface area (Å²) >= 11 is 0. The van der Waals surface area contributed by atoms with Crippen molar-refractivity contribution in [3.05, 3.63) is 41.6 Å². The number of sulfonamides is 1. The monoisotopic (exact) mass is 402 g/mol. The van der Waals surface area contributed by atoms with E-state index in [9.17, 15) is 13.2 Å². The van der Waals surface area contributed by atoms with Gasteiger partial charge in [0.25, 0.3) is 0 Å². The number of benzene rings is 1. The van der Waals surface area contributed by atoms with Gasteiger partial charge in [0.15, 0.2) is 5.82 Å². The predicted octanol–water partition coefficient (Wildman–Crippen LogP) is 2.34. The number of aryl methyl sites for hydroxylation is 3. The Bertz CT molecular complexity index is 975. The largest absolute Gasteiger partial charge is 0.309 e. The molecule has 1 aliphatic heterocycles. The number of nitrogens with one attached hydrogen (secondary N) is 1. The zero-order valence-corrected chi connectivity index (χ0v) is 16.9. The van der Waals surface area contributed by atoms with Crippen LogP contribution in [0.25, 0.3) is 0 Å². The van der Waals surface area contributed by atoms with Gasteiger partial charge in [-0.25, -0.2) is 8.42 Å². The van der Waals surface area contributed by atoms with E-state index >= 15 is 0 Å². The van der Waals surface area contributed by atoms with Crippen molar-refractivity contribution in [1.82, 2.24) is 14.1 Å². The Morgan fingerprint density at radius 3 is 2.50 bits per heavy atom. The third-order valence-corrected chi connectivity index (χ3v) is 7.64. The lowest BCUT2D eigenvalue weighted by molar-refractivity contribution is -0.120. The van der Waals surface area contributed by atoms with Crippen molar-refractivity contribution in [3.8, 4) is 0 Å². The topological polar surface area (TPSA) is 84.3 Å². The lowest BCUT2D eigenvalue weighted by Gasteiger charge is -2.30. The van der Waals surface area contributed by atoms with Crippen LogP contribution < -0.4 is 5.32 Å². The van der Waals surface area contributed by atoms with Crippen molar-refractivity contribution in [2.24, 2.45) is 13.0 Å². The summed E-state index contributed by atoms with van der Waals surface area (Å²) in [4.78, 5) is 12.8. The van der Waals surface area contributed by atoms with Crippen molar-refractivity contribution < 1.29 is 13.2 Å². The molecule has 4 rings (SSSR count). The Labute approximate surface area is 165 Å². The maximum Gasteiger partial charge on any atom is 0.243 e. The molecule has 0 bridgehead atoms. The molecule has 1 N–H and O–H groups in total. The standard InChI is InChI=1S/C20H26N4O3S/c1-23-11-10-19(22-23)21-20(25)16-8-12-24(13-9-16)28(26,27)18-7-6-15-4-2-3-5-17(15)14-18/h6-7,10-11,14,16H,2-5,8-9,12-13H2,1H3,(H,21,22,25). The number of fused-ring (bicyclic) bond motifs is 1. The number of piperidine rings is 1. The van der Waals surface area contributed by atoms with E-state index in [1.165, 1.54) is 16.3 Å². The number of rotatable bonds is 4. The highest BCUT2D eigenvalue weighted by atomic mass is 32.2. The van der Waals surface area contributed by atoms with Gasteiger partial charge in [0.1, 0.15) is 0 Å². The molecular weight excluding hydrogens is 376 g/mol. The minimum Gasteiger partial charge on any atom is -0.309 e. The van der Waals surface area contributed by atoms with E-state index in [2.05, 4.69) is 10.4 Å². The molecule has 1 aromatic carbocycles. The highest BCUT2D eigenvalue weighted by Crippen LogP contribution is 2.28. The summed E-state index contributed by atoms with van der Waals surface area (Å²) in [6.45, 7) is 0.722. The lowest BCUT2D eigenvalue weighted by Crippen LogP contribution is -2.41. The number of hydrogen-bond donors (Lipinski definition) is 1. The van der Waals surface area contributed by atoms with Crippen LogP contribution in [0.1, 0.15) is 36.8 Å². The Morgan fingerprint density at radius 2 is 1.82 bits per heavy atom. The van der Waals surface area contributed by atoms with Gasteiger partial charge in [0, 0.05) is 38.3 Å². The fourth-order valence-electron chi connectivity index (χ4n) is 4.09. The molecule has 28 heavy (non-hydrogen) atoms. The van der Waals surface area contributed by atoms with E-state index in [1.807, 2.05) is 12.1 Å². The molecule has 1 saturated heterocycles. The first-order valence-electron chi connectivity index (χ1n) is 9.86.